The monoisotopic (exact) mass is 305 g/mol. The number of anilines is 1. The molecule has 0 bridgehead atoms. The van der Waals surface area contributed by atoms with E-state index in [9.17, 15) is 4.79 Å². The van der Waals surface area contributed by atoms with E-state index in [-0.39, 0.29) is 5.78 Å². The highest BCUT2D eigenvalue weighted by Gasteiger charge is 2.22. The van der Waals surface area contributed by atoms with Gasteiger partial charge >= 0.3 is 0 Å². The summed E-state index contributed by atoms with van der Waals surface area (Å²) in [6.45, 7) is 1.19. The second kappa shape index (κ2) is 5.47. The minimum absolute atomic E-state index is 0.00537. The van der Waals surface area contributed by atoms with Crippen molar-refractivity contribution in [3.8, 4) is 0 Å². The molecular weight excluding hydrogens is 293 g/mol. The number of carbonyl (C=O) groups is 1. The summed E-state index contributed by atoms with van der Waals surface area (Å²) in [4.78, 5) is 14.5. The number of nitrogens with zero attached hydrogens (tertiary/aromatic N) is 1. The molecule has 0 spiro atoms. The van der Waals surface area contributed by atoms with E-state index >= 15 is 0 Å². The van der Waals surface area contributed by atoms with Gasteiger partial charge in [0.2, 0.25) is 0 Å². The number of para-hydroxylation sites is 1. The maximum atomic E-state index is 12.4. The maximum Gasteiger partial charge on any atom is 0.183 e. The van der Waals surface area contributed by atoms with Crippen molar-refractivity contribution in [1.29, 1.82) is 0 Å². The Morgan fingerprint density at radius 2 is 1.95 bits per heavy atom. The van der Waals surface area contributed by atoms with Gasteiger partial charge in [0, 0.05) is 22.8 Å². The van der Waals surface area contributed by atoms with Crippen molar-refractivity contribution in [1.82, 2.24) is 0 Å². The average molecular weight is 306 g/mol. The molecular formula is C16H13Cl2NO. The van der Waals surface area contributed by atoms with Gasteiger partial charge in [0.25, 0.3) is 0 Å². The standard InChI is InChI=1S/C16H13Cl2NO/c17-12-5-6-14(18)13(9-12)16(20)10-19-8-7-11-3-1-2-4-15(11)19/h1-6,9H,7-8,10H2. The quantitative estimate of drug-likeness (QED) is 0.791. The first-order valence-electron chi connectivity index (χ1n) is 6.46. The third-order valence-electron chi connectivity index (χ3n) is 3.55. The zero-order valence-electron chi connectivity index (χ0n) is 10.8. The smallest absolute Gasteiger partial charge is 0.183 e. The maximum absolute atomic E-state index is 12.4. The summed E-state index contributed by atoms with van der Waals surface area (Å²) in [6.07, 6.45) is 0.979. The van der Waals surface area contributed by atoms with Crippen molar-refractivity contribution < 1.29 is 4.79 Å². The number of Topliss-reactive ketones (excluding diaryl/α,β-unsaturated/α-hetero) is 1. The van der Waals surface area contributed by atoms with Crippen LogP contribution in [0, 0.1) is 0 Å². The first kappa shape index (κ1) is 13.5. The second-order valence-corrected chi connectivity index (χ2v) is 5.69. The van der Waals surface area contributed by atoms with Gasteiger partial charge in [0.15, 0.2) is 5.78 Å². The minimum Gasteiger partial charge on any atom is -0.363 e. The summed E-state index contributed by atoms with van der Waals surface area (Å²) in [5.74, 6) is -0.00537. The van der Waals surface area contributed by atoms with E-state index < -0.39 is 0 Å². The molecule has 1 aliphatic heterocycles. The van der Waals surface area contributed by atoms with E-state index in [2.05, 4.69) is 17.0 Å². The summed E-state index contributed by atoms with van der Waals surface area (Å²) >= 11 is 12.0. The number of halogens is 2. The van der Waals surface area contributed by atoms with Crippen molar-refractivity contribution in [2.75, 3.05) is 18.0 Å². The summed E-state index contributed by atoms with van der Waals surface area (Å²) < 4.78 is 0. The molecule has 0 amide bonds. The first-order chi connectivity index (χ1) is 9.65. The lowest BCUT2D eigenvalue weighted by molar-refractivity contribution is 0.0999. The zero-order chi connectivity index (χ0) is 14.1. The van der Waals surface area contributed by atoms with Crippen molar-refractivity contribution in [3.63, 3.8) is 0 Å². The van der Waals surface area contributed by atoms with E-state index in [0.717, 1.165) is 18.7 Å². The lowest BCUT2D eigenvalue weighted by Gasteiger charge is -2.18. The van der Waals surface area contributed by atoms with E-state index in [1.807, 2.05) is 12.1 Å². The van der Waals surface area contributed by atoms with Gasteiger partial charge in [0.1, 0.15) is 0 Å². The molecule has 102 valence electrons. The largest absolute Gasteiger partial charge is 0.363 e. The normalized spacial score (nSPS) is 13.4. The van der Waals surface area contributed by atoms with Gasteiger partial charge in [0.05, 0.1) is 11.6 Å². The molecule has 4 heteroatoms. The molecule has 0 N–H and O–H groups in total. The Labute approximate surface area is 127 Å². The molecule has 20 heavy (non-hydrogen) atoms. The van der Waals surface area contributed by atoms with Crippen LogP contribution in [0.25, 0.3) is 0 Å². The molecule has 0 aliphatic carbocycles. The van der Waals surface area contributed by atoms with Gasteiger partial charge in [-0.15, -0.1) is 0 Å². The number of ketones is 1. The summed E-state index contributed by atoms with van der Waals surface area (Å²) in [5, 5.41) is 0.978. The molecule has 3 rings (SSSR count). The fourth-order valence-corrected chi connectivity index (χ4v) is 2.94. The Morgan fingerprint density at radius 1 is 1.15 bits per heavy atom. The number of fused-ring (bicyclic) bond motifs is 1. The van der Waals surface area contributed by atoms with E-state index in [1.165, 1.54) is 5.56 Å². The van der Waals surface area contributed by atoms with Crippen molar-refractivity contribution in [2.45, 2.75) is 6.42 Å². The topological polar surface area (TPSA) is 20.3 Å². The molecule has 1 heterocycles. The van der Waals surface area contributed by atoms with Crippen molar-refractivity contribution in [3.05, 3.63) is 63.6 Å². The predicted octanol–water partition coefficient (Wildman–Crippen LogP) is 4.24. The van der Waals surface area contributed by atoms with Gasteiger partial charge in [-0.1, -0.05) is 41.4 Å². The van der Waals surface area contributed by atoms with Gasteiger partial charge in [-0.3, -0.25) is 4.79 Å². The number of carbonyl (C=O) groups excluding carboxylic acids is 1. The fourth-order valence-electron chi connectivity index (χ4n) is 2.54. The number of hydrogen-bond acceptors (Lipinski definition) is 2. The SMILES string of the molecule is O=C(CN1CCc2ccccc21)c1cc(Cl)ccc1Cl. The minimum atomic E-state index is -0.00537. The predicted molar refractivity (Wildman–Crippen MR) is 83.2 cm³/mol. The Kier molecular flexibility index (Phi) is 3.68. The molecule has 0 saturated heterocycles. The van der Waals surface area contributed by atoms with Crippen molar-refractivity contribution >= 4 is 34.7 Å². The summed E-state index contributed by atoms with van der Waals surface area (Å²) in [7, 11) is 0. The molecule has 2 nitrogen and oxygen atoms in total. The Bertz CT molecular complexity index is 669. The molecule has 1 aliphatic rings. The Morgan fingerprint density at radius 3 is 2.80 bits per heavy atom. The van der Waals surface area contributed by atoms with Crippen LogP contribution in [-0.4, -0.2) is 18.9 Å². The van der Waals surface area contributed by atoms with Gasteiger partial charge in [-0.25, -0.2) is 0 Å². The molecule has 2 aromatic carbocycles. The average Bonchev–Trinajstić information content (AvgIpc) is 2.85. The molecule has 0 unspecified atom stereocenters. The molecule has 0 aromatic heterocycles. The van der Waals surface area contributed by atoms with Crippen LogP contribution in [0.4, 0.5) is 5.69 Å². The molecule has 2 aromatic rings. The molecule has 0 fully saturated rings. The van der Waals surface area contributed by atoms with Crippen LogP contribution >= 0.6 is 23.2 Å². The lowest BCUT2D eigenvalue weighted by atomic mass is 10.1. The fraction of sp³-hybridized carbons (Fsp3) is 0.188. The highest BCUT2D eigenvalue weighted by atomic mass is 35.5. The van der Waals surface area contributed by atoms with Crippen molar-refractivity contribution in [2.24, 2.45) is 0 Å². The molecule has 0 atom stereocenters. The zero-order valence-corrected chi connectivity index (χ0v) is 12.3. The number of rotatable bonds is 3. The third kappa shape index (κ3) is 2.54. The van der Waals surface area contributed by atoms with E-state index in [4.69, 9.17) is 23.2 Å². The molecule has 0 saturated carbocycles. The summed E-state index contributed by atoms with van der Waals surface area (Å²) in [5.41, 5.74) is 2.92. The van der Waals surface area contributed by atoms with Crippen LogP contribution < -0.4 is 4.90 Å². The van der Waals surface area contributed by atoms with Crippen LogP contribution in [0.15, 0.2) is 42.5 Å². The highest BCUT2D eigenvalue weighted by molar-refractivity contribution is 6.36. The Hall–Kier alpha value is -1.51. The number of hydrogen-bond donors (Lipinski definition) is 0. The van der Waals surface area contributed by atoms with Crippen LogP contribution in [0.2, 0.25) is 10.0 Å². The van der Waals surface area contributed by atoms with E-state index in [1.54, 1.807) is 18.2 Å². The third-order valence-corrected chi connectivity index (χ3v) is 4.11. The Balaban J connectivity index is 1.82. The van der Waals surface area contributed by atoms with Crippen LogP contribution in [-0.2, 0) is 6.42 Å². The van der Waals surface area contributed by atoms with Gasteiger partial charge in [-0.05, 0) is 36.2 Å². The second-order valence-electron chi connectivity index (χ2n) is 4.85. The highest BCUT2D eigenvalue weighted by Crippen LogP contribution is 2.28. The summed E-state index contributed by atoms with van der Waals surface area (Å²) in [6, 6.07) is 13.2. The van der Waals surface area contributed by atoms with Crippen LogP contribution in [0.5, 0.6) is 0 Å². The molecule has 0 radical (unpaired) electrons. The van der Waals surface area contributed by atoms with Gasteiger partial charge < -0.3 is 4.90 Å². The van der Waals surface area contributed by atoms with Crippen LogP contribution in [0.3, 0.4) is 0 Å². The van der Waals surface area contributed by atoms with E-state index in [0.29, 0.717) is 22.2 Å². The van der Waals surface area contributed by atoms with Gasteiger partial charge in [-0.2, -0.15) is 0 Å². The first-order valence-corrected chi connectivity index (χ1v) is 7.22. The lowest BCUT2D eigenvalue weighted by Crippen LogP contribution is -2.28. The number of benzene rings is 2. The van der Waals surface area contributed by atoms with Crippen LogP contribution in [0.1, 0.15) is 15.9 Å².